The lowest BCUT2D eigenvalue weighted by molar-refractivity contribution is -0.279. The first kappa shape index (κ1) is 35.6. The van der Waals surface area contributed by atoms with Gasteiger partial charge in [0.25, 0.3) is 5.60 Å². The predicted octanol–water partition coefficient (Wildman–Crippen LogP) is 5.20. The number of hydrogen-bond acceptors (Lipinski definition) is 9. The normalized spacial score (nSPS) is 45.9. The van der Waals surface area contributed by atoms with Gasteiger partial charge in [-0.25, -0.2) is 4.79 Å². The number of alkyl halides is 3. The number of hydrogen-bond donors (Lipinski definition) is 2. The molecule has 4 aliphatic carbocycles. The summed E-state index contributed by atoms with van der Waals surface area (Å²) in [5.74, 6) is -3.24. The second kappa shape index (κ2) is 11.1. The first-order valence-electron chi connectivity index (χ1n) is 17.7. The molecule has 0 bridgehead atoms. The Labute approximate surface area is 289 Å². The van der Waals surface area contributed by atoms with Crippen molar-refractivity contribution < 1.29 is 56.7 Å². The highest BCUT2D eigenvalue weighted by molar-refractivity contribution is 5.98. The summed E-state index contributed by atoms with van der Waals surface area (Å²) in [6.07, 6.45) is -2.78. The third-order valence-electron chi connectivity index (χ3n) is 14.7. The van der Waals surface area contributed by atoms with Crippen molar-refractivity contribution in [3.8, 4) is 0 Å². The molecular formula is C38H47F3O9. The van der Waals surface area contributed by atoms with Crippen molar-refractivity contribution >= 4 is 17.7 Å². The summed E-state index contributed by atoms with van der Waals surface area (Å²) < 4.78 is 67.1. The van der Waals surface area contributed by atoms with Gasteiger partial charge in [0, 0.05) is 18.1 Å². The minimum Gasteiger partial charge on any atom is -0.459 e. The van der Waals surface area contributed by atoms with Gasteiger partial charge in [-0.15, -0.1) is 0 Å². The Bertz CT molecular complexity index is 1610. The van der Waals surface area contributed by atoms with Crippen molar-refractivity contribution in [1.29, 1.82) is 0 Å². The van der Waals surface area contributed by atoms with E-state index < -0.39 is 75.2 Å². The fraction of sp³-hybridized carbons (Fsp3) is 0.711. The van der Waals surface area contributed by atoms with Crippen molar-refractivity contribution in [1.82, 2.24) is 0 Å². The molecule has 9 nitrogen and oxygen atoms in total. The number of rotatable bonds is 6. The van der Waals surface area contributed by atoms with E-state index in [1.165, 1.54) is 30.4 Å². The lowest BCUT2D eigenvalue weighted by Gasteiger charge is -2.61. The van der Waals surface area contributed by atoms with Gasteiger partial charge in [0.15, 0.2) is 11.9 Å². The first-order valence-corrected chi connectivity index (χ1v) is 17.7. The fourth-order valence-electron chi connectivity index (χ4n) is 11.4. The van der Waals surface area contributed by atoms with Crippen molar-refractivity contribution in [2.45, 2.75) is 120 Å². The molecule has 2 aliphatic heterocycles. The van der Waals surface area contributed by atoms with Gasteiger partial charge in [-0.05, 0) is 88.2 Å². The molecule has 5 fully saturated rings. The molecule has 14 atom stereocenters. The summed E-state index contributed by atoms with van der Waals surface area (Å²) in [7, 11) is 0.810. The molecule has 50 heavy (non-hydrogen) atoms. The van der Waals surface area contributed by atoms with Gasteiger partial charge in [-0.3, -0.25) is 9.59 Å². The first-order chi connectivity index (χ1) is 23.3. The summed E-state index contributed by atoms with van der Waals surface area (Å²) in [6, 6.07) is 6.59. The van der Waals surface area contributed by atoms with Crippen LogP contribution in [-0.4, -0.2) is 76.3 Å². The van der Waals surface area contributed by atoms with E-state index in [-0.39, 0.29) is 41.8 Å². The van der Waals surface area contributed by atoms with Crippen LogP contribution in [0.4, 0.5) is 13.2 Å². The number of aliphatic hydroxyl groups is 2. The van der Waals surface area contributed by atoms with E-state index in [4.69, 9.17) is 18.9 Å². The Balaban J connectivity index is 1.19. The largest absolute Gasteiger partial charge is 0.459 e. The Morgan fingerprint density at radius 3 is 2.30 bits per heavy atom. The zero-order valence-corrected chi connectivity index (χ0v) is 29.3. The van der Waals surface area contributed by atoms with Crippen molar-refractivity contribution in [3.05, 3.63) is 48.0 Å². The highest BCUT2D eigenvalue weighted by atomic mass is 19.4. The predicted molar refractivity (Wildman–Crippen MR) is 171 cm³/mol. The van der Waals surface area contributed by atoms with E-state index in [1.54, 1.807) is 20.8 Å². The van der Waals surface area contributed by atoms with E-state index in [1.807, 2.05) is 13.8 Å². The zero-order chi connectivity index (χ0) is 36.4. The number of fused-ring (bicyclic) bond motifs is 4. The molecule has 0 amide bonds. The Hall–Kier alpha value is -2.80. The number of carbonyl (C=O) groups is 3. The van der Waals surface area contributed by atoms with Gasteiger partial charge in [-0.2, -0.15) is 13.2 Å². The second-order valence-electron chi connectivity index (χ2n) is 16.4. The Kier molecular flexibility index (Phi) is 7.90. The smallest absolute Gasteiger partial charge is 0.432 e. The summed E-state index contributed by atoms with van der Waals surface area (Å²) >= 11 is 0. The molecule has 1 aromatic carbocycles. The topological polar surface area (TPSA) is 132 Å². The number of cyclic esters (lactones) is 1. The van der Waals surface area contributed by atoms with Crippen LogP contribution in [0.25, 0.3) is 0 Å². The number of methoxy groups -OCH3 is 1. The maximum absolute atomic E-state index is 14.8. The standard InChI is InChI=1S/C38H47F3O9/c1-20-18-28(48-30(43)21(20)2)34(5,45)35(46)17-15-24-23-19-29-37(50-29)27(13-12-26(42)33(37,4)25(23)14-16-32(24,35)3)49-31(44)36(47-6,38(39,40)41)22-10-8-7-9-11-22/h7-13,20-21,23-25,27-29,45-46H,14-19H2,1-6H3/t20-,21+,23-,24-,25-,27-,28+,29+,32-,33-,34-,35+,36-,37+/m0/s1. The summed E-state index contributed by atoms with van der Waals surface area (Å²) in [6.45, 7) is 9.04. The molecule has 1 spiro atoms. The third-order valence-corrected chi connectivity index (χ3v) is 14.7. The van der Waals surface area contributed by atoms with Gasteiger partial charge in [0.2, 0.25) is 0 Å². The highest BCUT2D eigenvalue weighted by Gasteiger charge is 2.83. The molecule has 2 N–H and O–H groups in total. The highest BCUT2D eigenvalue weighted by Crippen LogP contribution is 2.74. The Morgan fingerprint density at radius 1 is 1.02 bits per heavy atom. The number of epoxide rings is 1. The van der Waals surface area contributed by atoms with Crippen molar-refractivity contribution in [2.75, 3.05) is 7.11 Å². The molecule has 3 saturated carbocycles. The third kappa shape index (κ3) is 4.25. The van der Waals surface area contributed by atoms with Gasteiger partial charge >= 0.3 is 18.1 Å². The van der Waals surface area contributed by atoms with Crippen LogP contribution < -0.4 is 0 Å². The SMILES string of the molecule is CO[C@](C(=O)O[C@H]1C=CC(=O)[C@]2(C)[C@H]3CC[C@@]4(C)[C@@H](CC[C@]4(O)[C@@](C)(O)[C@H]4C[C@H](C)[C@@H](C)C(=O)O4)[C@@H]3C[C@H]3O[C@]132)(c1ccccc1)C(F)(F)F. The maximum atomic E-state index is 14.8. The molecule has 2 heterocycles. The fourth-order valence-corrected chi connectivity index (χ4v) is 11.4. The van der Waals surface area contributed by atoms with Crippen molar-refractivity contribution in [2.24, 2.45) is 40.4 Å². The van der Waals surface area contributed by atoms with Crippen LogP contribution in [0.15, 0.2) is 42.5 Å². The van der Waals surface area contributed by atoms with E-state index in [0.29, 0.717) is 32.1 Å². The molecule has 1 aromatic rings. The van der Waals surface area contributed by atoms with Gasteiger partial charge in [0.05, 0.1) is 17.4 Å². The number of ether oxygens (including phenoxy) is 4. The number of ketones is 1. The van der Waals surface area contributed by atoms with Crippen LogP contribution in [-0.2, 0) is 38.9 Å². The Morgan fingerprint density at radius 2 is 1.68 bits per heavy atom. The molecule has 0 unspecified atom stereocenters. The summed E-state index contributed by atoms with van der Waals surface area (Å²) in [5, 5.41) is 24.7. The molecule has 12 heteroatoms. The molecule has 0 radical (unpaired) electrons. The van der Waals surface area contributed by atoms with Crippen LogP contribution in [0, 0.1) is 40.4 Å². The molecular weight excluding hydrogens is 657 g/mol. The summed E-state index contributed by atoms with van der Waals surface area (Å²) in [4.78, 5) is 40.4. The summed E-state index contributed by atoms with van der Waals surface area (Å²) in [5.41, 5.74) is -10.6. The molecule has 0 aromatic heterocycles. The quantitative estimate of drug-likeness (QED) is 0.303. The minimum absolute atomic E-state index is 0.0409. The number of halogens is 3. The zero-order valence-electron chi connectivity index (χ0n) is 29.3. The molecule has 6 aliphatic rings. The van der Waals surface area contributed by atoms with E-state index in [0.717, 1.165) is 19.2 Å². The van der Waals surface area contributed by atoms with Crippen LogP contribution >= 0.6 is 0 Å². The van der Waals surface area contributed by atoms with Crippen LogP contribution in [0.3, 0.4) is 0 Å². The maximum Gasteiger partial charge on any atom is 0.432 e. The van der Waals surface area contributed by atoms with E-state index in [9.17, 15) is 37.8 Å². The number of carbonyl (C=O) groups excluding carboxylic acids is 3. The van der Waals surface area contributed by atoms with Crippen LogP contribution in [0.2, 0.25) is 0 Å². The van der Waals surface area contributed by atoms with Crippen molar-refractivity contribution in [3.63, 3.8) is 0 Å². The lowest BCUT2D eigenvalue weighted by atomic mass is 9.43. The average Bonchev–Trinajstić information content (AvgIpc) is 3.72. The molecule has 274 valence electrons. The van der Waals surface area contributed by atoms with Crippen LogP contribution in [0.5, 0.6) is 0 Å². The average molecular weight is 705 g/mol. The van der Waals surface area contributed by atoms with Gasteiger partial charge in [0.1, 0.15) is 22.9 Å². The number of allylic oxidation sites excluding steroid dienone is 1. The number of benzene rings is 1. The van der Waals surface area contributed by atoms with E-state index >= 15 is 0 Å². The monoisotopic (exact) mass is 704 g/mol. The number of esters is 2. The van der Waals surface area contributed by atoms with Gasteiger partial charge in [-0.1, -0.05) is 51.1 Å². The second-order valence-corrected chi connectivity index (χ2v) is 16.4. The molecule has 2 saturated heterocycles. The van der Waals surface area contributed by atoms with Crippen LogP contribution in [0.1, 0.15) is 78.7 Å². The van der Waals surface area contributed by atoms with E-state index in [2.05, 4.69) is 0 Å². The lowest BCUT2D eigenvalue weighted by Crippen LogP contribution is -2.70. The minimum atomic E-state index is -5.17. The van der Waals surface area contributed by atoms with Gasteiger partial charge < -0.3 is 29.2 Å². The molecule has 7 rings (SSSR count).